The van der Waals surface area contributed by atoms with Gasteiger partial charge in [-0.2, -0.15) is 0 Å². The molecule has 0 spiro atoms. The molecule has 2 nitrogen and oxygen atoms in total. The zero-order valence-electron chi connectivity index (χ0n) is 11.3. The highest BCUT2D eigenvalue weighted by molar-refractivity contribution is 7.85. The van der Waals surface area contributed by atoms with Crippen molar-refractivity contribution < 1.29 is 8.60 Å². The zero-order valence-corrected chi connectivity index (χ0v) is 12.1. The highest BCUT2D eigenvalue weighted by Gasteiger charge is 2.24. The number of hydrogen-bond donors (Lipinski definition) is 1. The van der Waals surface area contributed by atoms with Crippen molar-refractivity contribution in [1.82, 2.24) is 0 Å². The molecule has 20 heavy (non-hydrogen) atoms. The Balaban J connectivity index is 2.23. The maximum atomic E-state index is 12.9. The van der Waals surface area contributed by atoms with E-state index in [4.69, 9.17) is 5.73 Å². The Morgan fingerprint density at radius 2 is 1.70 bits per heavy atom. The lowest BCUT2D eigenvalue weighted by Gasteiger charge is -2.22. The number of nitrogens with two attached hydrogens (primary N) is 1. The fraction of sp³-hybridized carbons (Fsp3) is 0.250. The van der Waals surface area contributed by atoms with E-state index in [0.717, 1.165) is 5.56 Å². The first-order chi connectivity index (χ1) is 9.63. The lowest BCUT2D eigenvalue weighted by Crippen LogP contribution is -2.29. The molecule has 0 amide bonds. The van der Waals surface area contributed by atoms with Crippen LogP contribution in [0.4, 0.5) is 4.39 Å². The van der Waals surface area contributed by atoms with Crippen molar-refractivity contribution in [3.63, 3.8) is 0 Å². The summed E-state index contributed by atoms with van der Waals surface area (Å²) >= 11 is 0. The Bertz CT molecular complexity index is 571. The highest BCUT2D eigenvalue weighted by Crippen LogP contribution is 2.24. The van der Waals surface area contributed by atoms with Crippen molar-refractivity contribution in [1.29, 1.82) is 0 Å². The molecular weight excluding hydrogens is 273 g/mol. The summed E-state index contributed by atoms with van der Waals surface area (Å²) in [6.45, 7) is 1.97. The van der Waals surface area contributed by atoms with Crippen LogP contribution in [0.25, 0.3) is 0 Å². The van der Waals surface area contributed by atoms with Gasteiger partial charge in [0.05, 0.1) is 16.0 Å². The molecule has 0 saturated carbocycles. The molecule has 2 rings (SSSR count). The van der Waals surface area contributed by atoms with E-state index in [1.807, 2.05) is 37.3 Å². The summed E-state index contributed by atoms with van der Waals surface area (Å²) < 4.78 is 25.5. The minimum Gasteiger partial charge on any atom is -0.323 e. The van der Waals surface area contributed by atoms with Gasteiger partial charge in [0.15, 0.2) is 0 Å². The molecule has 0 bridgehead atoms. The zero-order chi connectivity index (χ0) is 14.5. The topological polar surface area (TPSA) is 43.1 Å². The lowest BCUT2D eigenvalue weighted by atomic mass is 10.0. The molecule has 2 aromatic rings. The van der Waals surface area contributed by atoms with Crippen LogP contribution in [0, 0.1) is 5.82 Å². The van der Waals surface area contributed by atoms with Gasteiger partial charge < -0.3 is 5.73 Å². The molecule has 0 radical (unpaired) electrons. The Hall–Kier alpha value is -1.52. The second kappa shape index (κ2) is 6.77. The van der Waals surface area contributed by atoms with Gasteiger partial charge in [-0.05, 0) is 36.2 Å². The van der Waals surface area contributed by atoms with Gasteiger partial charge in [0.2, 0.25) is 0 Å². The van der Waals surface area contributed by atoms with Gasteiger partial charge in [-0.3, -0.25) is 4.21 Å². The van der Waals surface area contributed by atoms with Gasteiger partial charge in [-0.25, -0.2) is 4.39 Å². The average molecular weight is 291 g/mol. The van der Waals surface area contributed by atoms with E-state index in [0.29, 0.717) is 11.3 Å². The molecule has 106 valence electrons. The third-order valence-electron chi connectivity index (χ3n) is 3.31. The van der Waals surface area contributed by atoms with Gasteiger partial charge in [-0.1, -0.05) is 37.3 Å². The lowest BCUT2D eigenvalue weighted by molar-refractivity contribution is 0.610. The normalized spacial score (nSPS) is 15.6. The fourth-order valence-corrected chi connectivity index (χ4v) is 3.65. The van der Waals surface area contributed by atoms with Crippen LogP contribution < -0.4 is 5.73 Å². The molecular formula is C16H18FNOS. The third-order valence-corrected chi connectivity index (χ3v) is 5.22. The molecule has 2 N–H and O–H groups in total. The summed E-state index contributed by atoms with van der Waals surface area (Å²) in [6.07, 6.45) is 0.694. The number of benzene rings is 2. The SMILES string of the molecule is CCC(C(N)c1ccccc1)S(=O)c1ccc(F)cc1. The monoisotopic (exact) mass is 291 g/mol. The number of halogens is 1. The summed E-state index contributed by atoms with van der Waals surface area (Å²) in [5.74, 6) is -0.328. The molecule has 0 heterocycles. The van der Waals surface area contributed by atoms with E-state index in [1.165, 1.54) is 12.1 Å². The van der Waals surface area contributed by atoms with Crippen molar-refractivity contribution in [2.75, 3.05) is 0 Å². The summed E-state index contributed by atoms with van der Waals surface area (Å²) in [7, 11) is -1.25. The summed E-state index contributed by atoms with van der Waals surface area (Å²) in [5, 5.41) is -0.192. The molecule has 0 aromatic heterocycles. The van der Waals surface area contributed by atoms with E-state index in [1.54, 1.807) is 12.1 Å². The van der Waals surface area contributed by atoms with E-state index in [2.05, 4.69) is 0 Å². The first kappa shape index (κ1) is 14.9. The van der Waals surface area contributed by atoms with Gasteiger partial charge in [0.25, 0.3) is 0 Å². The Kier molecular flexibility index (Phi) is 5.04. The van der Waals surface area contributed by atoms with E-state index < -0.39 is 10.8 Å². The standard InChI is InChI=1S/C16H18FNOS/c1-2-15(16(18)12-6-4-3-5-7-12)20(19)14-10-8-13(17)9-11-14/h3-11,15-16H,2,18H2,1H3. The van der Waals surface area contributed by atoms with E-state index >= 15 is 0 Å². The molecule has 0 aliphatic rings. The molecule has 0 fully saturated rings. The van der Waals surface area contributed by atoms with Crippen LogP contribution in [0.1, 0.15) is 24.9 Å². The van der Waals surface area contributed by atoms with Crippen molar-refractivity contribution in [2.45, 2.75) is 29.5 Å². The Morgan fingerprint density at radius 3 is 2.25 bits per heavy atom. The third kappa shape index (κ3) is 3.32. The largest absolute Gasteiger partial charge is 0.323 e. The average Bonchev–Trinajstić information content (AvgIpc) is 2.49. The highest BCUT2D eigenvalue weighted by atomic mass is 32.2. The van der Waals surface area contributed by atoms with Crippen LogP contribution in [-0.2, 0) is 10.8 Å². The minimum atomic E-state index is -1.25. The van der Waals surface area contributed by atoms with Crippen LogP contribution in [0.2, 0.25) is 0 Å². The van der Waals surface area contributed by atoms with Gasteiger partial charge in [0.1, 0.15) is 5.82 Å². The second-order valence-electron chi connectivity index (χ2n) is 4.63. The molecule has 4 heteroatoms. The number of rotatable bonds is 5. The van der Waals surface area contributed by atoms with Crippen LogP contribution in [-0.4, -0.2) is 9.46 Å². The quantitative estimate of drug-likeness (QED) is 0.917. The van der Waals surface area contributed by atoms with E-state index in [-0.39, 0.29) is 17.1 Å². The van der Waals surface area contributed by atoms with Crippen molar-refractivity contribution in [2.24, 2.45) is 5.73 Å². The van der Waals surface area contributed by atoms with Crippen LogP contribution in [0.3, 0.4) is 0 Å². The first-order valence-corrected chi connectivity index (χ1v) is 7.81. The predicted octanol–water partition coefficient (Wildman–Crippen LogP) is 3.41. The van der Waals surface area contributed by atoms with Gasteiger partial charge in [0, 0.05) is 10.9 Å². The molecule has 0 aliphatic heterocycles. The first-order valence-electron chi connectivity index (χ1n) is 6.60. The summed E-state index contributed by atoms with van der Waals surface area (Å²) in [5.41, 5.74) is 7.22. The van der Waals surface area contributed by atoms with Crippen LogP contribution in [0.15, 0.2) is 59.5 Å². The summed E-state index contributed by atoms with van der Waals surface area (Å²) in [4.78, 5) is 0.615. The van der Waals surface area contributed by atoms with Crippen molar-refractivity contribution >= 4 is 10.8 Å². The minimum absolute atomic E-state index is 0.192. The molecule has 0 saturated heterocycles. The van der Waals surface area contributed by atoms with Crippen LogP contribution >= 0.6 is 0 Å². The smallest absolute Gasteiger partial charge is 0.123 e. The van der Waals surface area contributed by atoms with Gasteiger partial charge >= 0.3 is 0 Å². The predicted molar refractivity (Wildman–Crippen MR) is 80.3 cm³/mol. The van der Waals surface area contributed by atoms with Gasteiger partial charge in [-0.15, -0.1) is 0 Å². The maximum Gasteiger partial charge on any atom is 0.123 e. The van der Waals surface area contributed by atoms with Crippen molar-refractivity contribution in [3.05, 3.63) is 66.0 Å². The molecule has 0 aliphatic carbocycles. The number of hydrogen-bond acceptors (Lipinski definition) is 2. The summed E-state index contributed by atoms with van der Waals surface area (Å²) in [6, 6.07) is 15.1. The fourth-order valence-electron chi connectivity index (χ4n) is 2.17. The Morgan fingerprint density at radius 1 is 1.10 bits per heavy atom. The van der Waals surface area contributed by atoms with Crippen LogP contribution in [0.5, 0.6) is 0 Å². The molecule has 2 aromatic carbocycles. The molecule has 3 atom stereocenters. The Labute approximate surface area is 121 Å². The second-order valence-corrected chi connectivity index (χ2v) is 6.31. The maximum absolute atomic E-state index is 12.9. The van der Waals surface area contributed by atoms with E-state index in [9.17, 15) is 8.60 Å². The van der Waals surface area contributed by atoms with Crippen molar-refractivity contribution in [3.8, 4) is 0 Å². The molecule has 3 unspecified atom stereocenters.